The number of anilines is 1. The number of amides is 1. The molecular formula is C22H27N3O2S. The number of hydrogen-bond donors (Lipinski definition) is 1. The standard InChI is InChI=1S/C22H27N3O2S/c1-14-4-6-18-9-20(28-19(18)8-14)22(26)24-11-17-5-7-21(23-10-17)25-12-15(2)27-16(3)13-25/h4-8,10,15-16,20H,9,11-13H2,1-3H3,(H,24,26). The van der Waals surface area contributed by atoms with E-state index in [1.165, 1.54) is 16.0 Å². The smallest absolute Gasteiger partial charge is 0.234 e. The van der Waals surface area contributed by atoms with Crippen molar-refractivity contribution >= 4 is 23.5 Å². The van der Waals surface area contributed by atoms with Crippen LogP contribution in [0.2, 0.25) is 0 Å². The second-order valence-corrected chi connectivity index (χ2v) is 9.07. The Morgan fingerprint density at radius 1 is 1.25 bits per heavy atom. The lowest BCUT2D eigenvalue weighted by Gasteiger charge is -2.36. The predicted molar refractivity (Wildman–Crippen MR) is 113 cm³/mol. The van der Waals surface area contributed by atoms with Crippen LogP contribution in [0, 0.1) is 6.92 Å². The fourth-order valence-corrected chi connectivity index (χ4v) is 5.17. The van der Waals surface area contributed by atoms with E-state index < -0.39 is 0 Å². The van der Waals surface area contributed by atoms with Gasteiger partial charge in [0, 0.05) is 30.7 Å². The van der Waals surface area contributed by atoms with Crippen LogP contribution in [0.15, 0.2) is 41.4 Å². The van der Waals surface area contributed by atoms with Crippen molar-refractivity contribution in [3.63, 3.8) is 0 Å². The minimum absolute atomic E-state index is 0.0413. The van der Waals surface area contributed by atoms with Gasteiger partial charge in [0.15, 0.2) is 0 Å². The number of morpholine rings is 1. The molecule has 1 saturated heterocycles. The van der Waals surface area contributed by atoms with Crippen molar-refractivity contribution in [2.45, 2.75) is 56.1 Å². The minimum Gasteiger partial charge on any atom is -0.372 e. The molecule has 2 aliphatic heterocycles. The van der Waals surface area contributed by atoms with Gasteiger partial charge in [-0.05, 0) is 50.5 Å². The molecule has 3 unspecified atom stereocenters. The summed E-state index contributed by atoms with van der Waals surface area (Å²) in [6, 6.07) is 10.5. The topological polar surface area (TPSA) is 54.5 Å². The molecule has 1 aromatic heterocycles. The maximum Gasteiger partial charge on any atom is 0.234 e. The Balaban J connectivity index is 1.31. The number of carbonyl (C=O) groups excluding carboxylic acids is 1. The molecule has 1 aromatic carbocycles. The summed E-state index contributed by atoms with van der Waals surface area (Å²) in [6.45, 7) is 8.48. The van der Waals surface area contributed by atoms with E-state index in [1.807, 2.05) is 18.3 Å². The summed E-state index contributed by atoms with van der Waals surface area (Å²) in [6.07, 6.45) is 3.08. The summed E-state index contributed by atoms with van der Waals surface area (Å²) in [4.78, 5) is 20.7. The molecule has 0 bridgehead atoms. The van der Waals surface area contributed by atoms with Crippen molar-refractivity contribution < 1.29 is 9.53 Å². The van der Waals surface area contributed by atoms with Crippen molar-refractivity contribution in [1.29, 1.82) is 0 Å². The molecule has 0 aliphatic carbocycles. The lowest BCUT2D eigenvalue weighted by Crippen LogP contribution is -2.45. The van der Waals surface area contributed by atoms with Gasteiger partial charge >= 0.3 is 0 Å². The van der Waals surface area contributed by atoms with E-state index >= 15 is 0 Å². The molecule has 3 atom stereocenters. The lowest BCUT2D eigenvalue weighted by molar-refractivity contribution is -0.120. The molecule has 5 nitrogen and oxygen atoms in total. The Morgan fingerprint density at radius 3 is 2.75 bits per heavy atom. The van der Waals surface area contributed by atoms with Gasteiger partial charge in [-0.1, -0.05) is 23.8 Å². The highest BCUT2D eigenvalue weighted by Crippen LogP contribution is 2.37. The number of aromatic nitrogens is 1. The fourth-order valence-electron chi connectivity index (χ4n) is 3.86. The highest BCUT2D eigenvalue weighted by Gasteiger charge is 2.28. The third-order valence-corrected chi connectivity index (χ3v) is 6.51. The number of benzene rings is 1. The van der Waals surface area contributed by atoms with Gasteiger partial charge in [0.25, 0.3) is 0 Å². The predicted octanol–water partition coefficient (Wildman–Crippen LogP) is 3.34. The van der Waals surface area contributed by atoms with Crippen molar-refractivity contribution in [3.8, 4) is 0 Å². The van der Waals surface area contributed by atoms with Crippen LogP contribution in [-0.2, 0) is 22.5 Å². The summed E-state index contributed by atoms with van der Waals surface area (Å²) in [5.74, 6) is 1.06. The number of nitrogens with zero attached hydrogens (tertiary/aromatic N) is 2. The highest BCUT2D eigenvalue weighted by molar-refractivity contribution is 8.01. The maximum atomic E-state index is 12.6. The van der Waals surface area contributed by atoms with Crippen molar-refractivity contribution in [1.82, 2.24) is 10.3 Å². The number of hydrogen-bond acceptors (Lipinski definition) is 5. The van der Waals surface area contributed by atoms with E-state index in [0.29, 0.717) is 6.54 Å². The number of aryl methyl sites for hydroxylation is 1. The van der Waals surface area contributed by atoms with Crippen LogP contribution in [0.4, 0.5) is 5.82 Å². The van der Waals surface area contributed by atoms with Crippen molar-refractivity contribution in [2.75, 3.05) is 18.0 Å². The SMILES string of the molecule is Cc1ccc2c(c1)SC(C(=O)NCc1ccc(N3CC(C)OC(C)C3)nc1)C2. The maximum absolute atomic E-state index is 12.6. The first-order valence-corrected chi connectivity index (χ1v) is 10.7. The van der Waals surface area contributed by atoms with Crippen molar-refractivity contribution in [2.24, 2.45) is 0 Å². The first-order valence-electron chi connectivity index (χ1n) is 9.87. The highest BCUT2D eigenvalue weighted by atomic mass is 32.2. The molecule has 148 valence electrons. The van der Waals surface area contributed by atoms with Gasteiger partial charge in [0.2, 0.25) is 5.91 Å². The first kappa shape index (κ1) is 19.3. The normalized spacial score (nSPS) is 24.1. The molecule has 1 fully saturated rings. The summed E-state index contributed by atoms with van der Waals surface area (Å²) in [5.41, 5.74) is 3.53. The fraction of sp³-hybridized carbons (Fsp3) is 0.455. The molecular weight excluding hydrogens is 370 g/mol. The quantitative estimate of drug-likeness (QED) is 0.858. The summed E-state index contributed by atoms with van der Waals surface area (Å²) in [7, 11) is 0. The zero-order valence-corrected chi connectivity index (χ0v) is 17.5. The van der Waals surface area contributed by atoms with Crippen LogP contribution in [0.25, 0.3) is 0 Å². The van der Waals surface area contributed by atoms with Crippen LogP contribution in [0.1, 0.15) is 30.5 Å². The Hall–Kier alpha value is -2.05. The molecule has 28 heavy (non-hydrogen) atoms. The molecule has 2 aliphatic rings. The number of fused-ring (bicyclic) bond motifs is 1. The number of ether oxygens (including phenoxy) is 1. The molecule has 0 saturated carbocycles. The summed E-state index contributed by atoms with van der Waals surface area (Å²) >= 11 is 1.67. The molecule has 1 N–H and O–H groups in total. The molecule has 6 heteroatoms. The Morgan fingerprint density at radius 2 is 2.04 bits per heavy atom. The molecule has 0 spiro atoms. The monoisotopic (exact) mass is 397 g/mol. The Kier molecular flexibility index (Phi) is 5.60. The zero-order valence-electron chi connectivity index (χ0n) is 16.6. The molecule has 0 radical (unpaired) electrons. The van der Waals surface area contributed by atoms with E-state index in [-0.39, 0.29) is 23.4 Å². The van der Waals surface area contributed by atoms with Crippen LogP contribution in [0.3, 0.4) is 0 Å². The molecule has 4 rings (SSSR count). The van der Waals surface area contributed by atoms with Gasteiger partial charge in [-0.2, -0.15) is 0 Å². The zero-order chi connectivity index (χ0) is 19.7. The van der Waals surface area contributed by atoms with Gasteiger partial charge in [-0.25, -0.2) is 4.98 Å². The van der Waals surface area contributed by atoms with Crippen LogP contribution in [0.5, 0.6) is 0 Å². The number of pyridine rings is 1. The average Bonchev–Trinajstić information content (AvgIpc) is 3.09. The van der Waals surface area contributed by atoms with E-state index in [4.69, 9.17) is 4.74 Å². The van der Waals surface area contributed by atoms with Gasteiger partial charge in [0.05, 0.1) is 17.5 Å². The Bertz CT molecular complexity index is 845. The van der Waals surface area contributed by atoms with E-state index in [1.54, 1.807) is 11.8 Å². The summed E-state index contributed by atoms with van der Waals surface area (Å²) in [5, 5.41) is 3.03. The Labute approximate surface area is 170 Å². The minimum atomic E-state index is -0.0413. The summed E-state index contributed by atoms with van der Waals surface area (Å²) < 4.78 is 5.79. The van der Waals surface area contributed by atoms with Crippen LogP contribution < -0.4 is 10.2 Å². The average molecular weight is 398 g/mol. The third kappa shape index (κ3) is 4.33. The molecule has 3 heterocycles. The first-order chi connectivity index (χ1) is 13.5. The largest absolute Gasteiger partial charge is 0.372 e. The lowest BCUT2D eigenvalue weighted by atomic mass is 10.1. The van der Waals surface area contributed by atoms with Gasteiger partial charge < -0.3 is 15.0 Å². The number of rotatable bonds is 4. The van der Waals surface area contributed by atoms with Crippen LogP contribution >= 0.6 is 11.8 Å². The van der Waals surface area contributed by atoms with E-state index in [2.05, 4.69) is 54.2 Å². The van der Waals surface area contributed by atoms with Crippen LogP contribution in [-0.4, -0.2) is 41.4 Å². The number of nitrogens with one attached hydrogen (secondary N) is 1. The van der Waals surface area contributed by atoms with Gasteiger partial charge in [-0.3, -0.25) is 4.79 Å². The van der Waals surface area contributed by atoms with Gasteiger partial charge in [0.1, 0.15) is 5.82 Å². The second kappa shape index (κ2) is 8.13. The third-order valence-electron chi connectivity index (χ3n) is 5.21. The molecule has 1 amide bonds. The molecule has 2 aromatic rings. The van der Waals surface area contributed by atoms with Crippen molar-refractivity contribution in [3.05, 3.63) is 53.2 Å². The van der Waals surface area contributed by atoms with E-state index in [0.717, 1.165) is 30.9 Å². The van der Waals surface area contributed by atoms with Gasteiger partial charge in [-0.15, -0.1) is 11.8 Å². The number of thioether (sulfide) groups is 1. The number of carbonyl (C=O) groups is 1. The van der Waals surface area contributed by atoms with E-state index in [9.17, 15) is 4.79 Å². The second-order valence-electron chi connectivity index (χ2n) is 7.83.